The molecule has 0 unspecified atom stereocenters. The summed E-state index contributed by atoms with van der Waals surface area (Å²) in [6.45, 7) is 4.01. The highest BCUT2D eigenvalue weighted by Gasteiger charge is 2.23. The summed E-state index contributed by atoms with van der Waals surface area (Å²) in [5.74, 6) is 3.41. The Bertz CT molecular complexity index is 1430. The van der Waals surface area contributed by atoms with Crippen LogP contribution in [0.3, 0.4) is 0 Å². The first-order chi connectivity index (χ1) is 19.4. The molecule has 0 saturated carbocycles. The lowest BCUT2D eigenvalue weighted by molar-refractivity contribution is 0.174. The summed E-state index contributed by atoms with van der Waals surface area (Å²) in [5, 5.41) is 7.47. The Morgan fingerprint density at radius 3 is 2.85 bits per heavy atom. The predicted molar refractivity (Wildman–Crippen MR) is 154 cm³/mol. The SMILES string of the molecule is CN1CCCCCOc2cc3c(ncnc3cc2OCCCNCCS(C)(=O)=O)Nc2c(ccc3c2OCO3)C1. The number of anilines is 2. The van der Waals surface area contributed by atoms with Crippen molar-refractivity contribution in [2.75, 3.05) is 64.0 Å². The van der Waals surface area contributed by atoms with Gasteiger partial charge in [-0.3, -0.25) is 0 Å². The second-order valence-electron chi connectivity index (χ2n) is 10.2. The van der Waals surface area contributed by atoms with E-state index >= 15 is 0 Å². The van der Waals surface area contributed by atoms with Crippen LogP contribution in [0.4, 0.5) is 11.5 Å². The Kier molecular flexibility index (Phi) is 9.08. The van der Waals surface area contributed by atoms with E-state index in [1.165, 1.54) is 12.6 Å². The topological polar surface area (TPSA) is 124 Å². The number of nitrogens with one attached hydrogen (secondary N) is 2. The lowest BCUT2D eigenvalue weighted by Crippen LogP contribution is -2.24. The minimum atomic E-state index is -2.97. The van der Waals surface area contributed by atoms with Gasteiger partial charge in [-0.1, -0.05) is 6.07 Å². The first-order valence-electron chi connectivity index (χ1n) is 13.7. The summed E-state index contributed by atoms with van der Waals surface area (Å²) in [6.07, 6.45) is 6.53. The standard InChI is InChI=1S/C28H37N5O6S/c1-33-11-4-3-5-12-36-24-15-21-22(16-25(24)37-13-6-9-29-10-14-40(2,34)35)30-18-31-28(21)32-26-20(17-33)7-8-23-27(26)39-19-38-23/h7-8,15-16,18,29H,3-6,9-14,17,19H2,1-2H3,(H,30,31,32). The maximum atomic E-state index is 11.3. The molecule has 5 rings (SSSR count). The summed E-state index contributed by atoms with van der Waals surface area (Å²) in [4.78, 5) is 11.4. The number of sulfone groups is 1. The van der Waals surface area contributed by atoms with Gasteiger partial charge in [-0.25, -0.2) is 18.4 Å². The molecule has 3 heterocycles. The minimum Gasteiger partial charge on any atom is -0.490 e. The third-order valence-corrected chi connectivity index (χ3v) is 7.80. The van der Waals surface area contributed by atoms with Crippen LogP contribution < -0.4 is 29.6 Å². The van der Waals surface area contributed by atoms with E-state index in [-0.39, 0.29) is 12.5 Å². The molecule has 11 nitrogen and oxygen atoms in total. The number of ether oxygens (including phenoxy) is 4. The molecular weight excluding hydrogens is 534 g/mol. The van der Waals surface area contributed by atoms with Crippen LogP contribution in [0, 0.1) is 0 Å². The van der Waals surface area contributed by atoms with Gasteiger partial charge in [0.1, 0.15) is 22.0 Å². The molecule has 0 atom stereocenters. The molecule has 2 aromatic carbocycles. The highest BCUT2D eigenvalue weighted by molar-refractivity contribution is 7.90. The van der Waals surface area contributed by atoms with E-state index in [4.69, 9.17) is 18.9 Å². The molecule has 3 aromatic rings. The molecule has 2 bridgehead atoms. The van der Waals surface area contributed by atoms with Crippen LogP contribution >= 0.6 is 0 Å². The Labute approximate surface area is 235 Å². The zero-order valence-electron chi connectivity index (χ0n) is 23.1. The molecule has 40 heavy (non-hydrogen) atoms. The molecule has 0 saturated heterocycles. The van der Waals surface area contributed by atoms with E-state index in [9.17, 15) is 8.42 Å². The molecule has 0 aliphatic carbocycles. The average molecular weight is 572 g/mol. The van der Waals surface area contributed by atoms with Gasteiger partial charge in [0.05, 0.1) is 30.2 Å². The monoisotopic (exact) mass is 571 g/mol. The van der Waals surface area contributed by atoms with Crippen LogP contribution in [0.1, 0.15) is 31.2 Å². The van der Waals surface area contributed by atoms with Gasteiger partial charge in [-0.2, -0.15) is 0 Å². The largest absolute Gasteiger partial charge is 0.490 e. The molecular formula is C28H37N5O6S. The van der Waals surface area contributed by atoms with Gasteiger partial charge in [-0.15, -0.1) is 0 Å². The lowest BCUT2D eigenvalue weighted by Gasteiger charge is -2.20. The van der Waals surface area contributed by atoms with Crippen LogP contribution in [0.25, 0.3) is 10.9 Å². The first-order valence-corrected chi connectivity index (χ1v) is 15.7. The third kappa shape index (κ3) is 7.23. The van der Waals surface area contributed by atoms with Crippen molar-refractivity contribution in [1.29, 1.82) is 0 Å². The molecule has 0 fully saturated rings. The molecule has 2 aliphatic rings. The van der Waals surface area contributed by atoms with Crippen molar-refractivity contribution >= 4 is 32.2 Å². The van der Waals surface area contributed by atoms with Crippen molar-refractivity contribution < 1.29 is 27.4 Å². The summed E-state index contributed by atoms with van der Waals surface area (Å²) in [5.41, 5.74) is 2.65. The molecule has 1 aromatic heterocycles. The zero-order valence-corrected chi connectivity index (χ0v) is 23.9. The van der Waals surface area contributed by atoms with Crippen LogP contribution in [-0.4, -0.2) is 82.0 Å². The summed E-state index contributed by atoms with van der Waals surface area (Å²) >= 11 is 0. The van der Waals surface area contributed by atoms with Crippen molar-refractivity contribution in [2.45, 2.75) is 32.2 Å². The van der Waals surface area contributed by atoms with E-state index in [1.807, 2.05) is 18.2 Å². The Morgan fingerprint density at radius 1 is 1.07 bits per heavy atom. The van der Waals surface area contributed by atoms with Crippen LogP contribution in [0.5, 0.6) is 23.0 Å². The van der Waals surface area contributed by atoms with Crippen molar-refractivity contribution in [1.82, 2.24) is 20.2 Å². The van der Waals surface area contributed by atoms with E-state index in [0.29, 0.717) is 55.1 Å². The predicted octanol–water partition coefficient (Wildman–Crippen LogP) is 3.50. The van der Waals surface area contributed by atoms with Crippen molar-refractivity contribution in [3.05, 3.63) is 36.2 Å². The molecule has 0 radical (unpaired) electrons. The van der Waals surface area contributed by atoms with Crippen LogP contribution in [-0.2, 0) is 16.4 Å². The quantitative estimate of drug-likeness (QED) is 0.386. The fourth-order valence-corrected chi connectivity index (χ4v) is 5.28. The number of rotatable bonds is 8. The normalized spacial score (nSPS) is 16.1. The van der Waals surface area contributed by atoms with Gasteiger partial charge in [0, 0.05) is 30.8 Å². The Hall–Kier alpha value is -3.35. The van der Waals surface area contributed by atoms with Gasteiger partial charge >= 0.3 is 0 Å². The van der Waals surface area contributed by atoms with E-state index in [1.54, 1.807) is 0 Å². The molecule has 0 amide bonds. The summed E-state index contributed by atoms with van der Waals surface area (Å²) in [6, 6.07) is 7.85. The summed E-state index contributed by atoms with van der Waals surface area (Å²) in [7, 11) is -0.848. The smallest absolute Gasteiger partial charge is 0.231 e. The third-order valence-electron chi connectivity index (χ3n) is 6.86. The van der Waals surface area contributed by atoms with Gasteiger partial charge in [0.25, 0.3) is 0 Å². The molecule has 12 heteroatoms. The number of benzene rings is 2. The number of fused-ring (bicyclic) bond motifs is 4. The number of aromatic nitrogens is 2. The first kappa shape index (κ1) is 28.2. The van der Waals surface area contributed by atoms with Crippen molar-refractivity contribution in [3.63, 3.8) is 0 Å². The lowest BCUT2D eigenvalue weighted by atomic mass is 10.1. The average Bonchev–Trinajstić information content (AvgIpc) is 3.39. The maximum Gasteiger partial charge on any atom is 0.231 e. The zero-order chi connectivity index (χ0) is 28.0. The van der Waals surface area contributed by atoms with E-state index < -0.39 is 9.84 Å². The maximum absolute atomic E-state index is 11.3. The van der Waals surface area contributed by atoms with E-state index in [0.717, 1.165) is 60.9 Å². The fourth-order valence-electron chi connectivity index (χ4n) is 4.76. The minimum absolute atomic E-state index is 0.120. The Balaban J connectivity index is 1.40. The van der Waals surface area contributed by atoms with Gasteiger partial charge in [0.15, 0.2) is 23.0 Å². The molecule has 2 N–H and O–H groups in total. The number of hydrogen-bond donors (Lipinski definition) is 2. The van der Waals surface area contributed by atoms with E-state index in [2.05, 4.69) is 38.6 Å². The van der Waals surface area contributed by atoms with Crippen molar-refractivity contribution in [2.24, 2.45) is 0 Å². The van der Waals surface area contributed by atoms with Gasteiger partial charge in [0.2, 0.25) is 6.79 Å². The summed E-state index contributed by atoms with van der Waals surface area (Å²) < 4.78 is 46.5. The highest BCUT2D eigenvalue weighted by atomic mass is 32.2. The van der Waals surface area contributed by atoms with Gasteiger partial charge in [-0.05, 0) is 63.5 Å². The Morgan fingerprint density at radius 2 is 1.98 bits per heavy atom. The molecule has 216 valence electrons. The van der Waals surface area contributed by atoms with Crippen LogP contribution in [0.15, 0.2) is 30.6 Å². The van der Waals surface area contributed by atoms with Gasteiger partial charge < -0.3 is 34.5 Å². The highest BCUT2D eigenvalue weighted by Crippen LogP contribution is 2.44. The molecule has 2 aliphatic heterocycles. The molecule has 0 spiro atoms. The fraction of sp³-hybridized carbons (Fsp3) is 0.500. The number of nitrogens with zero attached hydrogens (tertiary/aromatic N) is 3. The van der Waals surface area contributed by atoms with Crippen molar-refractivity contribution in [3.8, 4) is 23.0 Å². The second-order valence-corrected chi connectivity index (χ2v) is 12.5. The second kappa shape index (κ2) is 12.9. The number of hydrogen-bond acceptors (Lipinski definition) is 11. The van der Waals surface area contributed by atoms with Crippen LogP contribution in [0.2, 0.25) is 0 Å².